The summed E-state index contributed by atoms with van der Waals surface area (Å²) in [5, 5.41) is 6.04. The van der Waals surface area contributed by atoms with Gasteiger partial charge >= 0.3 is 6.03 Å². The summed E-state index contributed by atoms with van der Waals surface area (Å²) in [6.45, 7) is 6.42. The first-order valence-electron chi connectivity index (χ1n) is 5.60. The van der Waals surface area contributed by atoms with Crippen LogP contribution in [0.15, 0.2) is 0 Å². The van der Waals surface area contributed by atoms with E-state index in [1.165, 1.54) is 4.90 Å². The molecule has 0 radical (unpaired) electrons. The van der Waals surface area contributed by atoms with E-state index >= 15 is 0 Å². The quantitative estimate of drug-likeness (QED) is 0.633. The minimum absolute atomic E-state index is 0.0565. The first-order chi connectivity index (χ1) is 7.39. The highest BCUT2D eigenvalue weighted by atomic mass is 16.5. The zero-order chi connectivity index (χ0) is 12.6. The van der Waals surface area contributed by atoms with E-state index < -0.39 is 0 Å². The number of hydrogen-bond acceptors (Lipinski definition) is 3. The molecule has 0 aliphatic carbocycles. The van der Waals surface area contributed by atoms with Crippen LogP contribution in [-0.4, -0.2) is 57.4 Å². The highest BCUT2D eigenvalue weighted by Crippen LogP contribution is 2.10. The predicted octanol–water partition coefficient (Wildman–Crippen LogP) is 0.662. The largest absolute Gasteiger partial charge is 0.379 e. The molecule has 2 N–H and O–H groups in total. The van der Waals surface area contributed by atoms with Gasteiger partial charge in [-0.15, -0.1) is 0 Å². The average molecular weight is 231 g/mol. The maximum absolute atomic E-state index is 11.1. The lowest BCUT2D eigenvalue weighted by molar-refractivity contribution is 0.0159. The number of methoxy groups -OCH3 is 1. The normalized spacial score (nSPS) is 11.3. The van der Waals surface area contributed by atoms with Crippen molar-refractivity contribution in [2.24, 2.45) is 0 Å². The number of carbonyl (C=O) groups excluding carboxylic acids is 1. The molecule has 5 nitrogen and oxygen atoms in total. The van der Waals surface area contributed by atoms with Crippen molar-refractivity contribution in [1.82, 2.24) is 15.5 Å². The third-order valence-electron chi connectivity index (χ3n) is 2.44. The number of ether oxygens (including phenoxy) is 1. The van der Waals surface area contributed by atoms with Crippen LogP contribution in [0.2, 0.25) is 0 Å². The smallest absolute Gasteiger partial charge is 0.316 e. The van der Waals surface area contributed by atoms with Crippen LogP contribution in [0, 0.1) is 0 Å². The van der Waals surface area contributed by atoms with Crippen LogP contribution in [0.1, 0.15) is 20.3 Å². The van der Waals surface area contributed by atoms with Gasteiger partial charge in [-0.05, 0) is 26.8 Å². The highest BCUT2D eigenvalue weighted by Gasteiger charge is 2.14. The summed E-state index contributed by atoms with van der Waals surface area (Å²) in [5.41, 5.74) is -0.0834. The molecule has 0 aliphatic heterocycles. The molecule has 0 unspecified atom stereocenters. The lowest BCUT2D eigenvalue weighted by atomic mass is 10.1. The summed E-state index contributed by atoms with van der Waals surface area (Å²) in [4.78, 5) is 12.7. The molecule has 0 fully saturated rings. The fraction of sp³-hybridized carbons (Fsp3) is 0.909. The van der Waals surface area contributed by atoms with Gasteiger partial charge in [0, 0.05) is 34.3 Å². The molecule has 0 rings (SSSR count). The van der Waals surface area contributed by atoms with E-state index in [1.807, 2.05) is 0 Å². The van der Waals surface area contributed by atoms with E-state index in [9.17, 15) is 4.79 Å². The van der Waals surface area contributed by atoms with E-state index in [1.54, 1.807) is 21.2 Å². The maximum Gasteiger partial charge on any atom is 0.316 e. The van der Waals surface area contributed by atoms with Crippen molar-refractivity contribution in [3.63, 3.8) is 0 Å². The average Bonchev–Trinajstić information content (AvgIpc) is 2.22. The summed E-state index contributed by atoms with van der Waals surface area (Å²) in [6, 6.07) is -0.0565. The predicted molar refractivity (Wildman–Crippen MR) is 65.7 cm³/mol. The standard InChI is InChI=1S/C11H25N3O2/c1-11(2,16-5)6-7-12-8-9-13-10(15)14(3)4/h12H,6-9H2,1-5H3,(H,13,15). The lowest BCUT2D eigenvalue weighted by Crippen LogP contribution is -2.39. The zero-order valence-corrected chi connectivity index (χ0v) is 11.1. The van der Waals surface area contributed by atoms with Crippen molar-refractivity contribution in [3.8, 4) is 0 Å². The van der Waals surface area contributed by atoms with Crippen molar-refractivity contribution in [1.29, 1.82) is 0 Å². The maximum atomic E-state index is 11.1. The Morgan fingerprint density at radius 1 is 1.25 bits per heavy atom. The molecule has 96 valence electrons. The topological polar surface area (TPSA) is 53.6 Å². The second kappa shape index (κ2) is 7.46. The Hall–Kier alpha value is -0.810. The third-order valence-corrected chi connectivity index (χ3v) is 2.44. The summed E-state index contributed by atoms with van der Waals surface area (Å²) in [7, 11) is 5.17. The number of rotatable bonds is 7. The van der Waals surface area contributed by atoms with Gasteiger partial charge in [-0.1, -0.05) is 0 Å². The first kappa shape index (κ1) is 15.2. The molecule has 0 saturated carbocycles. The Kier molecular flexibility index (Phi) is 7.08. The molecular weight excluding hydrogens is 206 g/mol. The monoisotopic (exact) mass is 231 g/mol. The van der Waals surface area contributed by atoms with Crippen molar-refractivity contribution >= 4 is 6.03 Å². The second-order valence-electron chi connectivity index (χ2n) is 4.59. The number of urea groups is 1. The molecule has 5 heteroatoms. The molecular formula is C11H25N3O2. The Morgan fingerprint density at radius 3 is 2.38 bits per heavy atom. The molecule has 16 heavy (non-hydrogen) atoms. The number of hydrogen-bond donors (Lipinski definition) is 2. The van der Waals surface area contributed by atoms with E-state index in [0.29, 0.717) is 6.54 Å². The Morgan fingerprint density at radius 2 is 1.88 bits per heavy atom. The lowest BCUT2D eigenvalue weighted by Gasteiger charge is -2.22. The molecule has 0 aromatic rings. The number of amides is 2. The first-order valence-corrected chi connectivity index (χ1v) is 5.60. The molecule has 0 aliphatic rings. The van der Waals surface area contributed by atoms with Crippen LogP contribution in [-0.2, 0) is 4.74 Å². The zero-order valence-electron chi connectivity index (χ0n) is 11.1. The summed E-state index contributed by atoms with van der Waals surface area (Å²) < 4.78 is 5.30. The van der Waals surface area contributed by atoms with Gasteiger partial charge in [0.05, 0.1) is 5.60 Å². The summed E-state index contributed by atoms with van der Waals surface area (Å²) >= 11 is 0. The van der Waals surface area contributed by atoms with Crippen LogP contribution >= 0.6 is 0 Å². The van der Waals surface area contributed by atoms with E-state index in [2.05, 4.69) is 24.5 Å². The van der Waals surface area contributed by atoms with Crippen LogP contribution in [0.5, 0.6) is 0 Å². The Bertz CT molecular complexity index is 205. The van der Waals surface area contributed by atoms with Gasteiger partial charge in [0.1, 0.15) is 0 Å². The number of nitrogens with one attached hydrogen (secondary N) is 2. The molecule has 0 bridgehead atoms. The van der Waals surface area contributed by atoms with Crippen molar-refractivity contribution < 1.29 is 9.53 Å². The minimum Gasteiger partial charge on any atom is -0.379 e. The van der Waals surface area contributed by atoms with Crippen LogP contribution < -0.4 is 10.6 Å². The van der Waals surface area contributed by atoms with E-state index in [4.69, 9.17) is 4.74 Å². The number of carbonyl (C=O) groups is 1. The SMILES string of the molecule is COC(C)(C)CCNCCNC(=O)N(C)C. The Labute approximate surface area is 98.5 Å². The molecule has 0 saturated heterocycles. The van der Waals surface area contributed by atoms with Crippen LogP contribution in [0.3, 0.4) is 0 Å². The second-order valence-corrected chi connectivity index (χ2v) is 4.59. The van der Waals surface area contributed by atoms with E-state index in [0.717, 1.165) is 19.5 Å². The van der Waals surface area contributed by atoms with Crippen molar-refractivity contribution in [2.75, 3.05) is 40.8 Å². The van der Waals surface area contributed by atoms with Crippen molar-refractivity contribution in [2.45, 2.75) is 25.9 Å². The molecule has 0 atom stereocenters. The van der Waals surface area contributed by atoms with Gasteiger partial charge in [0.15, 0.2) is 0 Å². The minimum atomic E-state index is -0.0834. The summed E-state index contributed by atoms with van der Waals surface area (Å²) in [6.07, 6.45) is 0.950. The van der Waals surface area contributed by atoms with Gasteiger partial charge in [0.25, 0.3) is 0 Å². The van der Waals surface area contributed by atoms with Crippen LogP contribution in [0.25, 0.3) is 0 Å². The summed E-state index contributed by atoms with van der Waals surface area (Å²) in [5.74, 6) is 0. The van der Waals surface area contributed by atoms with Gasteiger partial charge < -0.3 is 20.3 Å². The number of nitrogens with zero attached hydrogens (tertiary/aromatic N) is 1. The molecule has 0 aromatic heterocycles. The van der Waals surface area contributed by atoms with Gasteiger partial charge in [-0.25, -0.2) is 4.79 Å². The van der Waals surface area contributed by atoms with Gasteiger partial charge in [-0.3, -0.25) is 0 Å². The molecule has 0 spiro atoms. The van der Waals surface area contributed by atoms with E-state index in [-0.39, 0.29) is 11.6 Å². The molecule has 0 aromatic carbocycles. The third kappa shape index (κ3) is 7.48. The molecule has 0 heterocycles. The van der Waals surface area contributed by atoms with Crippen molar-refractivity contribution in [3.05, 3.63) is 0 Å². The molecule has 2 amide bonds. The highest BCUT2D eigenvalue weighted by molar-refractivity contribution is 5.73. The van der Waals surface area contributed by atoms with Gasteiger partial charge in [-0.2, -0.15) is 0 Å². The fourth-order valence-corrected chi connectivity index (χ4v) is 1.03. The van der Waals surface area contributed by atoms with Crippen LogP contribution in [0.4, 0.5) is 4.79 Å². The fourth-order valence-electron chi connectivity index (χ4n) is 1.03. The Balaban J connectivity index is 3.38. The van der Waals surface area contributed by atoms with Gasteiger partial charge in [0.2, 0.25) is 0 Å².